The number of methoxy groups -OCH3 is 1. The molecule has 108 valence electrons. The van der Waals surface area contributed by atoms with Gasteiger partial charge in [0.25, 0.3) is 0 Å². The van der Waals surface area contributed by atoms with Crippen LogP contribution in [-0.4, -0.2) is 33.7 Å². The Morgan fingerprint density at radius 3 is 2.84 bits per heavy atom. The monoisotopic (exact) mass is 303 g/mol. The third kappa shape index (κ3) is 5.46. The minimum atomic E-state index is -0.877. The number of nitrogens with two attached hydrogens (primary N) is 1. The van der Waals surface area contributed by atoms with Crippen molar-refractivity contribution in [3.8, 4) is 0 Å². The highest BCUT2D eigenvalue weighted by molar-refractivity contribution is 8.00. The second-order valence-electron chi connectivity index (χ2n) is 4.54. The fraction of sp³-hybridized carbons (Fsp3) is 0.750. The Hall–Kier alpha value is -0.660. The second-order valence-corrected chi connectivity index (χ2v) is 6.64. The number of unbranched alkanes of at least 4 members (excludes halogenated alkanes) is 1. The number of hydrogen-bond donors (Lipinski definition) is 1. The Morgan fingerprint density at radius 2 is 2.26 bits per heavy atom. The maximum absolute atomic E-state index is 11.4. The van der Waals surface area contributed by atoms with Gasteiger partial charge in [-0.1, -0.05) is 25.1 Å². The van der Waals surface area contributed by atoms with Gasteiger partial charge in [0.1, 0.15) is 11.4 Å². The van der Waals surface area contributed by atoms with Crippen LogP contribution in [0.1, 0.15) is 38.9 Å². The first-order chi connectivity index (χ1) is 8.99. The normalized spacial score (nSPS) is 14.1. The van der Waals surface area contributed by atoms with Crippen LogP contribution in [0.15, 0.2) is 4.34 Å². The van der Waals surface area contributed by atoms with Gasteiger partial charge in [0, 0.05) is 12.2 Å². The summed E-state index contributed by atoms with van der Waals surface area (Å²) in [6.07, 6.45) is 3.41. The van der Waals surface area contributed by atoms with Crippen LogP contribution in [0.25, 0.3) is 0 Å². The highest BCUT2D eigenvalue weighted by Gasteiger charge is 2.28. The quantitative estimate of drug-likeness (QED) is 0.451. The van der Waals surface area contributed by atoms with Crippen molar-refractivity contribution >= 4 is 29.3 Å². The van der Waals surface area contributed by atoms with Crippen molar-refractivity contribution in [2.24, 2.45) is 5.73 Å². The molecule has 0 aliphatic carbocycles. The lowest BCUT2D eigenvalue weighted by molar-refractivity contribution is -0.146. The zero-order valence-corrected chi connectivity index (χ0v) is 13.3. The molecule has 1 heterocycles. The van der Waals surface area contributed by atoms with Crippen LogP contribution in [0.3, 0.4) is 0 Å². The Morgan fingerprint density at radius 1 is 1.53 bits per heavy atom. The average molecular weight is 303 g/mol. The molecule has 7 heteroatoms. The van der Waals surface area contributed by atoms with Gasteiger partial charge in [0.2, 0.25) is 0 Å². The molecule has 0 amide bonds. The molecule has 0 fully saturated rings. The molecule has 2 N–H and O–H groups in total. The highest BCUT2D eigenvalue weighted by Crippen LogP contribution is 2.22. The maximum Gasteiger partial charge on any atom is 0.325 e. The lowest BCUT2D eigenvalue weighted by Gasteiger charge is -2.20. The Balaban J connectivity index is 2.19. The summed E-state index contributed by atoms with van der Waals surface area (Å²) in [5, 5.41) is 0. The van der Waals surface area contributed by atoms with Gasteiger partial charge in [-0.25, -0.2) is 4.98 Å². The first-order valence-electron chi connectivity index (χ1n) is 6.32. The summed E-state index contributed by atoms with van der Waals surface area (Å²) >= 11 is 3.16. The standard InChI is InChI=1S/C12H21N3O2S2/c1-4-9-14-11(19-15-9)18-8-6-5-7-12(2,13)10(16)17-3/h4-8,13H2,1-3H3. The molecule has 0 radical (unpaired) electrons. The second kappa shape index (κ2) is 7.81. The molecule has 1 aromatic heterocycles. The number of ether oxygens (including phenoxy) is 1. The summed E-state index contributed by atoms with van der Waals surface area (Å²) in [6.45, 7) is 3.76. The number of rotatable bonds is 8. The number of aryl methyl sites for hydroxylation is 1. The number of aromatic nitrogens is 2. The molecule has 1 atom stereocenters. The summed E-state index contributed by atoms with van der Waals surface area (Å²) in [4.78, 5) is 15.8. The van der Waals surface area contributed by atoms with E-state index in [0.29, 0.717) is 6.42 Å². The van der Waals surface area contributed by atoms with Crippen molar-refractivity contribution in [3.05, 3.63) is 5.82 Å². The Bertz CT molecular complexity index is 407. The SMILES string of the molecule is CCc1nsc(SCCCCC(C)(N)C(=O)OC)n1. The van der Waals surface area contributed by atoms with Crippen molar-refractivity contribution in [1.82, 2.24) is 9.36 Å². The molecule has 1 aromatic rings. The van der Waals surface area contributed by atoms with E-state index >= 15 is 0 Å². The van der Waals surface area contributed by atoms with Crippen molar-refractivity contribution < 1.29 is 9.53 Å². The summed E-state index contributed by atoms with van der Waals surface area (Å²) in [5.41, 5.74) is 5.01. The van der Waals surface area contributed by atoms with Crippen molar-refractivity contribution in [3.63, 3.8) is 0 Å². The highest BCUT2D eigenvalue weighted by atomic mass is 32.2. The first kappa shape index (κ1) is 16.4. The predicted octanol–water partition coefficient (Wildman–Crippen LogP) is 2.25. The molecule has 0 saturated carbocycles. The van der Waals surface area contributed by atoms with Crippen LogP contribution in [-0.2, 0) is 16.0 Å². The largest absolute Gasteiger partial charge is 0.468 e. The van der Waals surface area contributed by atoms with Gasteiger partial charge in [0.05, 0.1) is 7.11 Å². The van der Waals surface area contributed by atoms with E-state index in [9.17, 15) is 4.79 Å². The van der Waals surface area contributed by atoms with Gasteiger partial charge in [-0.15, -0.1) is 0 Å². The predicted molar refractivity (Wildman–Crippen MR) is 78.5 cm³/mol. The van der Waals surface area contributed by atoms with E-state index in [1.807, 2.05) is 6.92 Å². The number of esters is 1. The smallest absolute Gasteiger partial charge is 0.325 e. The molecular weight excluding hydrogens is 282 g/mol. The molecule has 0 spiro atoms. The molecule has 0 bridgehead atoms. The summed E-state index contributed by atoms with van der Waals surface area (Å²) in [5.74, 6) is 1.53. The van der Waals surface area contributed by atoms with E-state index < -0.39 is 5.54 Å². The topological polar surface area (TPSA) is 78.1 Å². The molecule has 5 nitrogen and oxygen atoms in total. The van der Waals surface area contributed by atoms with Gasteiger partial charge < -0.3 is 10.5 Å². The third-order valence-corrected chi connectivity index (χ3v) is 4.69. The molecule has 0 aliphatic heterocycles. The minimum absolute atomic E-state index is 0.350. The van der Waals surface area contributed by atoms with Crippen molar-refractivity contribution in [2.75, 3.05) is 12.9 Å². The molecule has 19 heavy (non-hydrogen) atoms. The fourth-order valence-corrected chi connectivity index (χ4v) is 3.29. The molecule has 1 unspecified atom stereocenters. The lowest BCUT2D eigenvalue weighted by atomic mass is 9.97. The maximum atomic E-state index is 11.4. The molecule has 0 aliphatic rings. The average Bonchev–Trinajstić information content (AvgIpc) is 2.85. The molecular formula is C12H21N3O2S2. The number of thioether (sulfide) groups is 1. The Kier molecular flexibility index (Phi) is 6.74. The van der Waals surface area contributed by atoms with E-state index in [-0.39, 0.29) is 5.97 Å². The van der Waals surface area contributed by atoms with E-state index in [1.54, 1.807) is 18.7 Å². The summed E-state index contributed by atoms with van der Waals surface area (Å²) < 4.78 is 9.92. The number of hydrogen-bond acceptors (Lipinski definition) is 7. The Labute approximate surface area is 122 Å². The summed E-state index contributed by atoms with van der Waals surface area (Å²) in [6, 6.07) is 0. The van der Waals surface area contributed by atoms with Crippen LogP contribution in [0, 0.1) is 0 Å². The van der Waals surface area contributed by atoms with Crippen molar-refractivity contribution in [2.45, 2.75) is 49.4 Å². The summed E-state index contributed by atoms with van der Waals surface area (Å²) in [7, 11) is 1.37. The van der Waals surface area contributed by atoms with Crippen LogP contribution in [0.2, 0.25) is 0 Å². The number of carbonyl (C=O) groups is 1. The van der Waals surface area contributed by atoms with Crippen LogP contribution < -0.4 is 5.73 Å². The van der Waals surface area contributed by atoms with E-state index in [0.717, 1.165) is 35.2 Å². The van der Waals surface area contributed by atoms with Crippen LogP contribution in [0.4, 0.5) is 0 Å². The van der Waals surface area contributed by atoms with Crippen LogP contribution >= 0.6 is 23.3 Å². The molecule has 0 aromatic carbocycles. The third-order valence-electron chi connectivity index (χ3n) is 2.73. The van der Waals surface area contributed by atoms with E-state index in [4.69, 9.17) is 5.73 Å². The zero-order valence-electron chi connectivity index (χ0n) is 11.6. The molecule has 1 rings (SSSR count). The number of carbonyl (C=O) groups excluding carboxylic acids is 1. The number of nitrogens with zero attached hydrogens (tertiary/aromatic N) is 2. The minimum Gasteiger partial charge on any atom is -0.468 e. The van der Waals surface area contributed by atoms with Gasteiger partial charge in [-0.05, 0) is 31.3 Å². The zero-order chi connectivity index (χ0) is 14.3. The fourth-order valence-electron chi connectivity index (χ4n) is 1.53. The first-order valence-corrected chi connectivity index (χ1v) is 8.08. The van der Waals surface area contributed by atoms with E-state index in [2.05, 4.69) is 14.1 Å². The van der Waals surface area contributed by atoms with Crippen LogP contribution in [0.5, 0.6) is 0 Å². The van der Waals surface area contributed by atoms with Crippen molar-refractivity contribution in [1.29, 1.82) is 0 Å². The van der Waals surface area contributed by atoms with Gasteiger partial charge in [0.15, 0.2) is 4.34 Å². The lowest BCUT2D eigenvalue weighted by Crippen LogP contribution is -2.45. The van der Waals surface area contributed by atoms with Gasteiger partial charge in [-0.2, -0.15) is 4.37 Å². The van der Waals surface area contributed by atoms with Gasteiger partial charge in [-0.3, -0.25) is 4.79 Å². The van der Waals surface area contributed by atoms with Gasteiger partial charge >= 0.3 is 5.97 Å². The molecule has 0 saturated heterocycles. The van der Waals surface area contributed by atoms with E-state index in [1.165, 1.54) is 18.6 Å².